The molecule has 1 heterocycles. The van der Waals surface area contributed by atoms with E-state index in [4.69, 9.17) is 5.84 Å². The van der Waals surface area contributed by atoms with E-state index >= 15 is 0 Å². The van der Waals surface area contributed by atoms with Crippen molar-refractivity contribution in [3.05, 3.63) is 0 Å². The first-order valence-corrected chi connectivity index (χ1v) is 6.02. The van der Waals surface area contributed by atoms with Gasteiger partial charge in [0.05, 0.1) is 0 Å². The smallest absolute Gasteiger partial charge is 0.237 e. The lowest BCUT2D eigenvalue weighted by Gasteiger charge is -2.31. The van der Waals surface area contributed by atoms with E-state index < -0.39 is 0 Å². The number of thioether (sulfide) groups is 1. The monoisotopic (exact) mass is 217 g/mol. The van der Waals surface area contributed by atoms with Crippen molar-refractivity contribution >= 4 is 17.7 Å². The number of nitrogens with zero attached hydrogens (tertiary/aromatic N) is 1. The van der Waals surface area contributed by atoms with Crippen LogP contribution in [0, 0.1) is 5.92 Å². The Morgan fingerprint density at radius 3 is 3.07 bits per heavy atom. The van der Waals surface area contributed by atoms with E-state index in [1.54, 1.807) is 0 Å². The summed E-state index contributed by atoms with van der Waals surface area (Å²) in [4.78, 5) is 13.5. The maximum atomic E-state index is 11.2. The van der Waals surface area contributed by atoms with Crippen LogP contribution in [0.25, 0.3) is 0 Å². The van der Waals surface area contributed by atoms with E-state index in [1.165, 1.54) is 0 Å². The summed E-state index contributed by atoms with van der Waals surface area (Å²) in [6, 6.07) is 0. The number of hydrogen-bond acceptors (Lipinski definition) is 4. The number of carbonyl (C=O) groups is 1. The van der Waals surface area contributed by atoms with Crippen LogP contribution in [0.4, 0.5) is 0 Å². The molecule has 1 saturated heterocycles. The van der Waals surface area contributed by atoms with E-state index in [9.17, 15) is 4.79 Å². The van der Waals surface area contributed by atoms with Crippen molar-refractivity contribution in [2.24, 2.45) is 11.8 Å². The molecular formula is C9H19N3OS. The summed E-state index contributed by atoms with van der Waals surface area (Å²) in [5, 5.41) is 0.678. The van der Waals surface area contributed by atoms with E-state index in [-0.39, 0.29) is 11.8 Å². The molecule has 0 aliphatic carbocycles. The van der Waals surface area contributed by atoms with Gasteiger partial charge in [0.15, 0.2) is 0 Å². The summed E-state index contributed by atoms with van der Waals surface area (Å²) < 4.78 is 0. The van der Waals surface area contributed by atoms with E-state index in [2.05, 4.69) is 17.2 Å². The molecule has 0 spiro atoms. The van der Waals surface area contributed by atoms with Crippen molar-refractivity contribution in [1.29, 1.82) is 0 Å². The van der Waals surface area contributed by atoms with E-state index in [0.717, 1.165) is 25.4 Å². The second-order valence-electron chi connectivity index (χ2n) is 3.85. The van der Waals surface area contributed by atoms with Gasteiger partial charge < -0.3 is 4.90 Å². The topological polar surface area (TPSA) is 58.4 Å². The number of amides is 1. The summed E-state index contributed by atoms with van der Waals surface area (Å²) in [6.45, 7) is 7.11. The standard InChI is InChI=1S/C9H19N3OS/c1-7(9(13)11-10)5-12-3-4-14-8(2)6-12/h7-8H,3-6,10H2,1-2H3,(H,11,13). The second-order valence-corrected chi connectivity index (χ2v) is 5.40. The van der Waals surface area contributed by atoms with Crippen LogP contribution in [-0.2, 0) is 4.79 Å². The van der Waals surface area contributed by atoms with Crippen LogP contribution in [0.1, 0.15) is 13.8 Å². The zero-order chi connectivity index (χ0) is 10.6. The molecule has 2 atom stereocenters. The molecule has 1 fully saturated rings. The molecule has 5 heteroatoms. The third-order valence-corrected chi connectivity index (χ3v) is 3.58. The molecule has 3 N–H and O–H groups in total. The molecule has 1 aliphatic heterocycles. The summed E-state index contributed by atoms with van der Waals surface area (Å²) in [5.74, 6) is 6.16. The zero-order valence-corrected chi connectivity index (χ0v) is 9.64. The molecule has 1 rings (SSSR count). The fourth-order valence-corrected chi connectivity index (χ4v) is 2.75. The van der Waals surface area contributed by atoms with Gasteiger partial charge >= 0.3 is 0 Å². The van der Waals surface area contributed by atoms with Gasteiger partial charge in [-0.1, -0.05) is 13.8 Å². The first-order chi connectivity index (χ1) is 6.63. The predicted octanol–water partition coefficient (Wildman–Crippen LogP) is 0.0497. The van der Waals surface area contributed by atoms with Gasteiger partial charge in [0.1, 0.15) is 0 Å². The Balaban J connectivity index is 2.32. The Hall–Kier alpha value is -0.260. The lowest BCUT2D eigenvalue weighted by molar-refractivity contribution is -0.125. The van der Waals surface area contributed by atoms with Crippen molar-refractivity contribution in [3.63, 3.8) is 0 Å². The number of carbonyl (C=O) groups excluding carboxylic acids is 1. The van der Waals surface area contributed by atoms with Gasteiger partial charge in [-0.3, -0.25) is 10.2 Å². The highest BCUT2D eigenvalue weighted by Crippen LogP contribution is 2.18. The average Bonchev–Trinajstić information content (AvgIpc) is 2.16. The fraction of sp³-hybridized carbons (Fsp3) is 0.889. The Morgan fingerprint density at radius 1 is 1.79 bits per heavy atom. The van der Waals surface area contributed by atoms with Crippen molar-refractivity contribution in [2.45, 2.75) is 19.1 Å². The molecule has 1 amide bonds. The van der Waals surface area contributed by atoms with Crippen LogP contribution in [-0.4, -0.2) is 41.4 Å². The van der Waals surface area contributed by atoms with Crippen LogP contribution in [0.5, 0.6) is 0 Å². The molecule has 0 aromatic heterocycles. The predicted molar refractivity (Wildman–Crippen MR) is 59.9 cm³/mol. The molecule has 0 radical (unpaired) electrons. The highest BCUT2D eigenvalue weighted by molar-refractivity contribution is 7.99. The summed E-state index contributed by atoms with van der Waals surface area (Å²) in [5.41, 5.74) is 2.19. The minimum absolute atomic E-state index is 0.0182. The van der Waals surface area contributed by atoms with Gasteiger partial charge in [-0.05, 0) is 0 Å². The Morgan fingerprint density at radius 2 is 2.50 bits per heavy atom. The van der Waals surface area contributed by atoms with Crippen LogP contribution >= 0.6 is 11.8 Å². The first-order valence-electron chi connectivity index (χ1n) is 4.98. The van der Waals surface area contributed by atoms with E-state index in [1.807, 2.05) is 18.7 Å². The summed E-state index contributed by atoms with van der Waals surface area (Å²) >= 11 is 2.00. The molecule has 4 nitrogen and oxygen atoms in total. The van der Waals surface area contributed by atoms with Crippen LogP contribution in [0.3, 0.4) is 0 Å². The third kappa shape index (κ3) is 3.48. The quantitative estimate of drug-likeness (QED) is 0.398. The normalized spacial score (nSPS) is 25.8. The van der Waals surface area contributed by atoms with Gasteiger partial charge in [-0.15, -0.1) is 0 Å². The zero-order valence-electron chi connectivity index (χ0n) is 8.82. The number of hydrogen-bond donors (Lipinski definition) is 2. The Bertz CT molecular complexity index is 200. The van der Waals surface area contributed by atoms with Crippen molar-refractivity contribution in [2.75, 3.05) is 25.4 Å². The van der Waals surface area contributed by atoms with Gasteiger partial charge in [0, 0.05) is 36.6 Å². The van der Waals surface area contributed by atoms with Gasteiger partial charge in [-0.2, -0.15) is 11.8 Å². The number of nitrogens with one attached hydrogen (secondary N) is 1. The van der Waals surface area contributed by atoms with Crippen LogP contribution < -0.4 is 11.3 Å². The molecule has 0 aromatic rings. The van der Waals surface area contributed by atoms with Gasteiger partial charge in [0.2, 0.25) is 5.91 Å². The van der Waals surface area contributed by atoms with E-state index in [0.29, 0.717) is 5.25 Å². The van der Waals surface area contributed by atoms with Crippen molar-refractivity contribution in [1.82, 2.24) is 10.3 Å². The average molecular weight is 217 g/mol. The number of hydrazine groups is 1. The van der Waals surface area contributed by atoms with Crippen molar-refractivity contribution < 1.29 is 4.79 Å². The molecule has 0 bridgehead atoms. The summed E-state index contributed by atoms with van der Waals surface area (Å²) in [6.07, 6.45) is 0. The number of nitrogens with two attached hydrogens (primary N) is 1. The highest BCUT2D eigenvalue weighted by atomic mass is 32.2. The molecule has 0 aromatic carbocycles. The summed E-state index contributed by atoms with van der Waals surface area (Å²) in [7, 11) is 0. The van der Waals surface area contributed by atoms with Gasteiger partial charge in [0.25, 0.3) is 0 Å². The largest absolute Gasteiger partial charge is 0.301 e. The molecule has 0 saturated carbocycles. The maximum absolute atomic E-state index is 11.2. The lowest BCUT2D eigenvalue weighted by Crippen LogP contribution is -2.44. The number of rotatable bonds is 3. The molecule has 14 heavy (non-hydrogen) atoms. The maximum Gasteiger partial charge on any atom is 0.237 e. The molecule has 1 aliphatic rings. The minimum Gasteiger partial charge on any atom is -0.301 e. The third-order valence-electron chi connectivity index (χ3n) is 2.45. The lowest BCUT2D eigenvalue weighted by atomic mass is 10.1. The van der Waals surface area contributed by atoms with Crippen LogP contribution in [0.2, 0.25) is 0 Å². The van der Waals surface area contributed by atoms with Crippen LogP contribution in [0.15, 0.2) is 0 Å². The Labute approximate surface area is 89.6 Å². The first kappa shape index (κ1) is 11.8. The second kappa shape index (κ2) is 5.58. The fourth-order valence-electron chi connectivity index (χ4n) is 1.67. The highest BCUT2D eigenvalue weighted by Gasteiger charge is 2.20. The molecule has 2 unspecified atom stereocenters. The van der Waals surface area contributed by atoms with Gasteiger partial charge in [-0.25, -0.2) is 5.84 Å². The molecular weight excluding hydrogens is 198 g/mol. The SMILES string of the molecule is CC1CN(CC(C)C(=O)NN)CCS1. The van der Waals surface area contributed by atoms with Crippen molar-refractivity contribution in [3.8, 4) is 0 Å². The minimum atomic E-state index is -0.0733. The Kier molecular flexibility index (Phi) is 4.71. The molecule has 82 valence electrons.